The summed E-state index contributed by atoms with van der Waals surface area (Å²) in [5, 5.41) is 2.30. The minimum Gasteiger partial charge on any atom is -0.393 e. The summed E-state index contributed by atoms with van der Waals surface area (Å²) in [5.41, 5.74) is 5.24. The van der Waals surface area contributed by atoms with Crippen LogP contribution in [0.25, 0.3) is 0 Å². The lowest BCUT2D eigenvalue weighted by Crippen LogP contribution is -2.37. The van der Waals surface area contributed by atoms with Crippen LogP contribution in [0.5, 0.6) is 0 Å². The Labute approximate surface area is 123 Å². The molecule has 0 aromatic heterocycles. The lowest BCUT2D eigenvalue weighted by molar-refractivity contribution is -0.118. The van der Waals surface area contributed by atoms with Gasteiger partial charge in [-0.2, -0.15) is 0 Å². The van der Waals surface area contributed by atoms with Gasteiger partial charge in [-0.05, 0) is 27.9 Å². The molecule has 0 aliphatic heterocycles. The van der Waals surface area contributed by atoms with Crippen LogP contribution in [0.2, 0.25) is 0 Å². The van der Waals surface area contributed by atoms with Gasteiger partial charge in [-0.3, -0.25) is 4.79 Å². The van der Waals surface area contributed by atoms with Gasteiger partial charge < -0.3 is 11.1 Å². The van der Waals surface area contributed by atoms with E-state index >= 15 is 0 Å². The molecule has 0 spiro atoms. The molecule has 0 bridgehead atoms. The maximum atomic E-state index is 13.6. The Morgan fingerprint density at radius 1 is 1.37 bits per heavy atom. The summed E-state index contributed by atoms with van der Waals surface area (Å²) in [4.78, 5) is 12.0. The van der Waals surface area contributed by atoms with Crippen molar-refractivity contribution < 1.29 is 13.6 Å². The number of halogens is 3. The first-order valence-corrected chi connectivity index (χ1v) is 6.69. The average Bonchev–Trinajstić information content (AvgIpc) is 2.24. The predicted octanol–water partition coefficient (Wildman–Crippen LogP) is 3.22. The highest BCUT2D eigenvalue weighted by Crippen LogP contribution is 2.24. The highest BCUT2D eigenvalue weighted by atomic mass is 79.9. The zero-order valence-corrected chi connectivity index (χ0v) is 12.7. The van der Waals surface area contributed by atoms with Gasteiger partial charge in [-0.1, -0.05) is 26.1 Å². The van der Waals surface area contributed by atoms with E-state index in [-0.39, 0.29) is 21.1 Å². The van der Waals surface area contributed by atoms with Gasteiger partial charge in [0.05, 0.1) is 21.1 Å². The summed E-state index contributed by atoms with van der Waals surface area (Å²) < 4.78 is 26.9. The van der Waals surface area contributed by atoms with Crippen LogP contribution in [0, 0.1) is 23.5 Å². The van der Waals surface area contributed by atoms with E-state index in [9.17, 15) is 13.6 Å². The molecule has 1 atom stereocenters. The van der Waals surface area contributed by atoms with Gasteiger partial charge in [0.1, 0.15) is 11.6 Å². The summed E-state index contributed by atoms with van der Waals surface area (Å²) in [5.74, 6) is -2.84. The van der Waals surface area contributed by atoms with Crippen molar-refractivity contribution >= 4 is 44.7 Å². The van der Waals surface area contributed by atoms with Crippen molar-refractivity contribution in [3.63, 3.8) is 0 Å². The molecule has 7 heteroatoms. The number of benzene rings is 1. The molecule has 0 aliphatic carbocycles. The van der Waals surface area contributed by atoms with Gasteiger partial charge in [0.15, 0.2) is 0 Å². The SMILES string of the molecule is CC(C)C(C(=O)Nc1cc(F)c(Br)cc1F)C(N)=S. The second-order valence-corrected chi connectivity index (χ2v) is 5.69. The van der Waals surface area contributed by atoms with E-state index in [1.165, 1.54) is 0 Å². The second-order valence-electron chi connectivity index (χ2n) is 4.36. The second kappa shape index (κ2) is 6.38. The number of nitrogens with one attached hydrogen (secondary N) is 1. The maximum absolute atomic E-state index is 13.6. The third kappa shape index (κ3) is 3.94. The number of carbonyl (C=O) groups is 1. The fourth-order valence-electron chi connectivity index (χ4n) is 1.59. The van der Waals surface area contributed by atoms with Gasteiger partial charge in [0.2, 0.25) is 5.91 Å². The van der Waals surface area contributed by atoms with E-state index in [2.05, 4.69) is 21.2 Å². The maximum Gasteiger partial charge on any atom is 0.234 e. The molecule has 0 fully saturated rings. The molecular formula is C12H13BrF2N2OS. The molecule has 1 amide bonds. The molecule has 19 heavy (non-hydrogen) atoms. The van der Waals surface area contributed by atoms with Crippen molar-refractivity contribution in [3.8, 4) is 0 Å². The number of rotatable bonds is 4. The molecule has 104 valence electrons. The van der Waals surface area contributed by atoms with Gasteiger partial charge in [0.25, 0.3) is 0 Å². The number of anilines is 1. The number of amides is 1. The Bertz CT molecular complexity index is 523. The van der Waals surface area contributed by atoms with Crippen LogP contribution in [-0.2, 0) is 4.79 Å². The molecular weight excluding hydrogens is 338 g/mol. The molecule has 0 aliphatic rings. The largest absolute Gasteiger partial charge is 0.393 e. The summed E-state index contributed by atoms with van der Waals surface area (Å²) in [6.07, 6.45) is 0. The van der Waals surface area contributed by atoms with Crippen LogP contribution in [0.15, 0.2) is 16.6 Å². The molecule has 0 heterocycles. The van der Waals surface area contributed by atoms with E-state index in [1.807, 2.05) is 0 Å². The van der Waals surface area contributed by atoms with Crippen LogP contribution < -0.4 is 11.1 Å². The fourth-order valence-corrected chi connectivity index (χ4v) is 2.28. The fraction of sp³-hybridized carbons (Fsp3) is 0.333. The van der Waals surface area contributed by atoms with Crippen molar-refractivity contribution in [1.82, 2.24) is 0 Å². The average molecular weight is 351 g/mol. The molecule has 0 saturated carbocycles. The van der Waals surface area contributed by atoms with Crippen LogP contribution in [0.4, 0.5) is 14.5 Å². The van der Waals surface area contributed by atoms with E-state index in [0.717, 1.165) is 12.1 Å². The minimum absolute atomic E-state index is 0.0160. The molecule has 3 N–H and O–H groups in total. The number of thiocarbonyl (C=S) groups is 1. The Balaban J connectivity index is 2.99. The van der Waals surface area contributed by atoms with Crippen molar-refractivity contribution in [2.45, 2.75) is 13.8 Å². The molecule has 1 unspecified atom stereocenters. The number of carbonyl (C=O) groups excluding carboxylic acids is 1. The van der Waals surface area contributed by atoms with Crippen molar-refractivity contribution in [1.29, 1.82) is 0 Å². The van der Waals surface area contributed by atoms with Gasteiger partial charge in [0, 0.05) is 6.07 Å². The lowest BCUT2D eigenvalue weighted by Gasteiger charge is -2.19. The van der Waals surface area contributed by atoms with Gasteiger partial charge in [-0.15, -0.1) is 0 Å². The highest BCUT2D eigenvalue weighted by molar-refractivity contribution is 9.10. The van der Waals surface area contributed by atoms with Crippen LogP contribution >= 0.6 is 28.1 Å². The third-order valence-electron chi connectivity index (χ3n) is 2.52. The normalized spacial score (nSPS) is 12.3. The van der Waals surface area contributed by atoms with Crippen LogP contribution in [-0.4, -0.2) is 10.9 Å². The van der Waals surface area contributed by atoms with Crippen molar-refractivity contribution in [2.75, 3.05) is 5.32 Å². The Morgan fingerprint density at radius 3 is 2.42 bits per heavy atom. The Hall–Kier alpha value is -1.08. The Morgan fingerprint density at radius 2 is 1.95 bits per heavy atom. The molecule has 1 aromatic rings. The van der Waals surface area contributed by atoms with Gasteiger partial charge >= 0.3 is 0 Å². The molecule has 1 aromatic carbocycles. The monoisotopic (exact) mass is 350 g/mol. The molecule has 0 saturated heterocycles. The predicted molar refractivity (Wildman–Crippen MR) is 77.8 cm³/mol. The van der Waals surface area contributed by atoms with E-state index < -0.39 is 23.5 Å². The zero-order chi connectivity index (χ0) is 14.7. The molecule has 0 radical (unpaired) electrons. The molecule has 1 rings (SSSR count). The van der Waals surface area contributed by atoms with Gasteiger partial charge in [-0.25, -0.2) is 8.78 Å². The zero-order valence-electron chi connectivity index (χ0n) is 10.3. The lowest BCUT2D eigenvalue weighted by atomic mass is 9.95. The summed E-state index contributed by atoms with van der Waals surface area (Å²) in [7, 11) is 0. The first-order chi connectivity index (χ1) is 8.73. The van der Waals surface area contributed by atoms with Crippen LogP contribution in [0.1, 0.15) is 13.8 Å². The molecule has 3 nitrogen and oxygen atoms in total. The number of hydrogen-bond acceptors (Lipinski definition) is 2. The van der Waals surface area contributed by atoms with E-state index in [1.54, 1.807) is 13.8 Å². The highest BCUT2D eigenvalue weighted by Gasteiger charge is 2.26. The number of hydrogen-bond donors (Lipinski definition) is 2. The number of nitrogens with two attached hydrogens (primary N) is 1. The third-order valence-corrected chi connectivity index (χ3v) is 3.39. The van der Waals surface area contributed by atoms with Crippen LogP contribution in [0.3, 0.4) is 0 Å². The summed E-state index contributed by atoms with van der Waals surface area (Å²) >= 11 is 7.66. The standard InChI is InChI=1S/C12H13BrF2N2OS/c1-5(2)10(11(16)19)12(18)17-9-4-7(14)6(13)3-8(9)15/h3-5,10H,1-2H3,(H2,16,19)(H,17,18). The van der Waals surface area contributed by atoms with Crippen molar-refractivity contribution in [3.05, 3.63) is 28.2 Å². The summed E-state index contributed by atoms with van der Waals surface area (Å²) in [6, 6.07) is 1.84. The van der Waals surface area contributed by atoms with E-state index in [0.29, 0.717) is 0 Å². The Kier molecular flexibility index (Phi) is 5.37. The van der Waals surface area contributed by atoms with Crippen molar-refractivity contribution in [2.24, 2.45) is 17.6 Å². The first kappa shape index (κ1) is 16.0. The smallest absolute Gasteiger partial charge is 0.234 e. The topological polar surface area (TPSA) is 55.1 Å². The minimum atomic E-state index is -0.743. The quantitative estimate of drug-likeness (QED) is 0.647. The first-order valence-electron chi connectivity index (χ1n) is 5.48. The summed E-state index contributed by atoms with van der Waals surface area (Å²) in [6.45, 7) is 3.53. The van der Waals surface area contributed by atoms with E-state index in [4.69, 9.17) is 18.0 Å².